The highest BCUT2D eigenvalue weighted by Crippen LogP contribution is 2.55. The Bertz CT molecular complexity index is 1250. The van der Waals surface area contributed by atoms with E-state index in [1.54, 1.807) is 0 Å². The smallest absolute Gasteiger partial charge is 0.0533 e. The fraction of sp³-hybridized carbons (Fsp3) is 0.514. The standard InChI is InChI=1S/C37H49BrOS/c1-4-7-9-11-13-17-25-37(26-18-14-12-10-8-5-2)34-20-16-15-19-32(34)33-23-21-29(27-35(33)37)31-24-22-30(38)28-36(31)40(39)6-3/h15-16,19-24,27-28H,4-14,17-18,25-26H2,1-3H3. The minimum atomic E-state index is -1.02. The molecule has 1 unspecified atom stereocenters. The molecule has 3 heteroatoms. The lowest BCUT2D eigenvalue weighted by Gasteiger charge is -2.33. The molecular weight excluding hydrogens is 572 g/mol. The van der Waals surface area contributed by atoms with Gasteiger partial charge in [-0.1, -0.05) is 156 Å². The van der Waals surface area contributed by atoms with E-state index < -0.39 is 10.8 Å². The van der Waals surface area contributed by atoms with E-state index in [4.69, 9.17) is 0 Å². The summed E-state index contributed by atoms with van der Waals surface area (Å²) in [4.78, 5) is 0.935. The van der Waals surface area contributed by atoms with Crippen LogP contribution in [0.4, 0.5) is 0 Å². The summed E-state index contributed by atoms with van der Waals surface area (Å²) in [6.07, 6.45) is 18.4. The van der Waals surface area contributed by atoms with Crippen molar-refractivity contribution in [3.05, 3.63) is 76.3 Å². The zero-order valence-electron chi connectivity index (χ0n) is 25.1. The Balaban J connectivity index is 1.73. The maximum Gasteiger partial charge on any atom is 0.0533 e. The highest BCUT2D eigenvalue weighted by Gasteiger charge is 2.42. The van der Waals surface area contributed by atoms with Crippen LogP contribution < -0.4 is 0 Å². The van der Waals surface area contributed by atoms with Gasteiger partial charge in [0.2, 0.25) is 0 Å². The number of fused-ring (bicyclic) bond motifs is 3. The van der Waals surface area contributed by atoms with Crippen molar-refractivity contribution >= 4 is 26.7 Å². The summed E-state index contributed by atoms with van der Waals surface area (Å²) in [6, 6.07) is 22.6. The summed E-state index contributed by atoms with van der Waals surface area (Å²) in [5, 5.41) is 0. The van der Waals surface area contributed by atoms with Crippen molar-refractivity contribution < 1.29 is 4.21 Å². The molecule has 0 amide bonds. The van der Waals surface area contributed by atoms with Crippen molar-refractivity contribution in [3.63, 3.8) is 0 Å². The van der Waals surface area contributed by atoms with Gasteiger partial charge in [-0.3, -0.25) is 4.21 Å². The largest absolute Gasteiger partial charge is 0.254 e. The molecule has 0 saturated carbocycles. The van der Waals surface area contributed by atoms with Gasteiger partial charge >= 0.3 is 0 Å². The van der Waals surface area contributed by atoms with Gasteiger partial charge in [0.25, 0.3) is 0 Å². The maximum absolute atomic E-state index is 13.1. The van der Waals surface area contributed by atoms with E-state index in [0.29, 0.717) is 5.75 Å². The van der Waals surface area contributed by atoms with Crippen LogP contribution in [0.3, 0.4) is 0 Å². The average Bonchev–Trinajstić information content (AvgIpc) is 3.25. The molecule has 0 radical (unpaired) electrons. The molecule has 0 bridgehead atoms. The molecule has 3 aromatic rings. The third-order valence-electron chi connectivity index (χ3n) is 8.94. The molecule has 3 aromatic carbocycles. The summed E-state index contributed by atoms with van der Waals surface area (Å²) in [7, 11) is -1.02. The molecule has 216 valence electrons. The van der Waals surface area contributed by atoms with Crippen LogP contribution in [-0.4, -0.2) is 9.96 Å². The van der Waals surface area contributed by atoms with Crippen molar-refractivity contribution in [3.8, 4) is 22.3 Å². The van der Waals surface area contributed by atoms with Gasteiger partial charge < -0.3 is 0 Å². The van der Waals surface area contributed by atoms with E-state index in [9.17, 15) is 4.21 Å². The number of halogens is 1. The SMILES string of the molecule is CCCCCCCCC1(CCCCCCCC)c2ccccc2-c2ccc(-c3ccc(Br)cc3S(=O)CC)cc21. The number of benzene rings is 3. The highest BCUT2D eigenvalue weighted by atomic mass is 79.9. The molecule has 0 N–H and O–H groups in total. The molecule has 0 aliphatic heterocycles. The second-order valence-corrected chi connectivity index (χ2v) is 14.3. The summed E-state index contributed by atoms with van der Waals surface area (Å²) in [6.45, 7) is 6.60. The van der Waals surface area contributed by atoms with Crippen LogP contribution in [0.1, 0.15) is 122 Å². The molecule has 1 nitrogen and oxygen atoms in total. The van der Waals surface area contributed by atoms with Gasteiger partial charge in [0, 0.05) is 20.5 Å². The van der Waals surface area contributed by atoms with Crippen molar-refractivity contribution in [2.24, 2.45) is 0 Å². The third kappa shape index (κ3) is 7.19. The van der Waals surface area contributed by atoms with Gasteiger partial charge in [-0.2, -0.15) is 0 Å². The normalized spacial score (nSPS) is 14.2. The minimum absolute atomic E-state index is 0.0664. The Morgan fingerprint density at radius 3 is 1.85 bits per heavy atom. The van der Waals surface area contributed by atoms with Gasteiger partial charge in [-0.05, 0) is 64.4 Å². The Morgan fingerprint density at radius 2 is 1.20 bits per heavy atom. The first-order valence-corrected chi connectivity index (χ1v) is 18.1. The molecular formula is C37H49BrOS. The van der Waals surface area contributed by atoms with Crippen LogP contribution in [0.2, 0.25) is 0 Å². The van der Waals surface area contributed by atoms with Crippen molar-refractivity contribution in [1.29, 1.82) is 0 Å². The molecule has 1 aliphatic carbocycles. The molecule has 0 spiro atoms. The fourth-order valence-corrected chi connectivity index (χ4v) is 8.29. The van der Waals surface area contributed by atoms with Crippen molar-refractivity contribution in [2.75, 3.05) is 5.75 Å². The quantitative estimate of drug-likeness (QED) is 0.137. The maximum atomic E-state index is 13.1. The second kappa shape index (κ2) is 15.5. The first-order chi connectivity index (χ1) is 19.6. The minimum Gasteiger partial charge on any atom is -0.254 e. The van der Waals surface area contributed by atoms with E-state index in [1.165, 1.54) is 118 Å². The molecule has 1 aliphatic rings. The van der Waals surface area contributed by atoms with Gasteiger partial charge in [0.15, 0.2) is 0 Å². The van der Waals surface area contributed by atoms with Crippen molar-refractivity contribution in [1.82, 2.24) is 0 Å². The van der Waals surface area contributed by atoms with Crippen LogP contribution in [0.5, 0.6) is 0 Å². The van der Waals surface area contributed by atoms with E-state index in [1.807, 2.05) is 6.92 Å². The van der Waals surface area contributed by atoms with Crippen LogP contribution >= 0.6 is 15.9 Å². The molecule has 0 saturated heterocycles. The van der Waals surface area contributed by atoms with Gasteiger partial charge in [0.05, 0.1) is 10.8 Å². The van der Waals surface area contributed by atoms with Crippen LogP contribution in [0.25, 0.3) is 22.3 Å². The van der Waals surface area contributed by atoms with E-state index in [0.717, 1.165) is 14.9 Å². The Kier molecular flexibility index (Phi) is 12.1. The lowest BCUT2D eigenvalue weighted by atomic mass is 9.70. The number of unbranched alkanes of at least 4 members (excludes halogenated alkanes) is 10. The molecule has 0 heterocycles. The van der Waals surface area contributed by atoms with Crippen LogP contribution in [0.15, 0.2) is 70.0 Å². The van der Waals surface area contributed by atoms with Gasteiger partial charge in [-0.25, -0.2) is 0 Å². The monoisotopic (exact) mass is 620 g/mol. The first-order valence-electron chi connectivity index (χ1n) is 16.0. The molecule has 0 aromatic heterocycles. The van der Waals surface area contributed by atoms with Crippen LogP contribution in [0, 0.1) is 0 Å². The van der Waals surface area contributed by atoms with Gasteiger partial charge in [-0.15, -0.1) is 0 Å². The zero-order chi connectivity index (χ0) is 28.4. The summed E-state index contributed by atoms with van der Waals surface area (Å²) < 4.78 is 14.1. The second-order valence-electron chi connectivity index (χ2n) is 11.7. The Hall–Kier alpha value is -1.71. The Morgan fingerprint density at radius 1 is 0.625 bits per heavy atom. The highest BCUT2D eigenvalue weighted by molar-refractivity contribution is 9.10. The topological polar surface area (TPSA) is 17.1 Å². The van der Waals surface area contributed by atoms with Crippen molar-refractivity contribution in [2.45, 2.75) is 121 Å². The third-order valence-corrected chi connectivity index (χ3v) is 10.8. The van der Waals surface area contributed by atoms with Gasteiger partial charge in [0.1, 0.15) is 0 Å². The van der Waals surface area contributed by atoms with E-state index in [2.05, 4.69) is 90.4 Å². The average molecular weight is 622 g/mol. The molecule has 0 fully saturated rings. The number of rotatable bonds is 17. The lowest BCUT2D eigenvalue weighted by molar-refractivity contribution is 0.398. The fourth-order valence-electron chi connectivity index (χ4n) is 6.78. The number of hydrogen-bond acceptors (Lipinski definition) is 1. The predicted octanol–water partition coefficient (Wildman–Crippen LogP) is 12.0. The number of hydrogen-bond donors (Lipinski definition) is 0. The first kappa shape index (κ1) is 31.2. The summed E-state index contributed by atoms with van der Waals surface area (Å²) >= 11 is 3.62. The zero-order valence-corrected chi connectivity index (χ0v) is 27.5. The molecule has 1 atom stereocenters. The Labute approximate surface area is 255 Å². The predicted molar refractivity (Wildman–Crippen MR) is 179 cm³/mol. The summed E-state index contributed by atoms with van der Waals surface area (Å²) in [5.41, 5.74) is 8.25. The lowest BCUT2D eigenvalue weighted by Crippen LogP contribution is -2.25. The van der Waals surface area contributed by atoms with E-state index >= 15 is 0 Å². The van der Waals surface area contributed by atoms with Crippen LogP contribution in [-0.2, 0) is 16.2 Å². The summed E-state index contributed by atoms with van der Waals surface area (Å²) in [5.74, 6) is 0.625. The molecule has 4 rings (SSSR count). The van der Waals surface area contributed by atoms with E-state index in [-0.39, 0.29) is 5.41 Å². The molecule has 40 heavy (non-hydrogen) atoms.